The molecule has 0 saturated carbocycles. The molecule has 1 aliphatic rings. The summed E-state index contributed by atoms with van der Waals surface area (Å²) in [7, 11) is 0. The lowest BCUT2D eigenvalue weighted by Crippen LogP contribution is -1.99. The van der Waals surface area contributed by atoms with Crippen molar-refractivity contribution in [1.82, 2.24) is 5.16 Å². The molecule has 19 heavy (non-hydrogen) atoms. The van der Waals surface area contributed by atoms with Gasteiger partial charge in [0.15, 0.2) is 11.6 Å². The second-order valence-corrected chi connectivity index (χ2v) is 4.19. The van der Waals surface area contributed by atoms with Gasteiger partial charge in [-0.25, -0.2) is 4.99 Å². The molecule has 0 unspecified atom stereocenters. The van der Waals surface area contributed by atoms with Crippen LogP contribution in [0.3, 0.4) is 0 Å². The van der Waals surface area contributed by atoms with Crippen LogP contribution >= 0.6 is 0 Å². The molecule has 0 spiro atoms. The van der Waals surface area contributed by atoms with E-state index in [0.29, 0.717) is 22.7 Å². The van der Waals surface area contributed by atoms with Crippen LogP contribution in [0.2, 0.25) is 0 Å². The highest BCUT2D eigenvalue weighted by molar-refractivity contribution is 6.30. The van der Waals surface area contributed by atoms with Crippen LogP contribution in [0.25, 0.3) is 5.76 Å². The summed E-state index contributed by atoms with van der Waals surface area (Å²) in [5, 5.41) is 13.7. The highest BCUT2D eigenvalue weighted by Gasteiger charge is 2.27. The van der Waals surface area contributed by atoms with E-state index in [4.69, 9.17) is 4.52 Å². The van der Waals surface area contributed by atoms with Crippen LogP contribution in [0.1, 0.15) is 21.7 Å². The second-order valence-electron chi connectivity index (χ2n) is 4.19. The number of aryl methyl sites for hydroxylation is 1. The van der Waals surface area contributed by atoms with Crippen LogP contribution in [-0.4, -0.2) is 22.3 Å². The lowest BCUT2D eigenvalue weighted by atomic mass is 10.1. The van der Waals surface area contributed by atoms with E-state index in [-0.39, 0.29) is 17.1 Å². The van der Waals surface area contributed by atoms with Gasteiger partial charge in [0.25, 0.3) is 0 Å². The van der Waals surface area contributed by atoms with Crippen LogP contribution in [0, 0.1) is 6.92 Å². The molecule has 3 rings (SSSR count). The van der Waals surface area contributed by atoms with Crippen molar-refractivity contribution in [2.75, 3.05) is 0 Å². The fourth-order valence-corrected chi connectivity index (χ4v) is 1.95. The van der Waals surface area contributed by atoms with Crippen molar-refractivity contribution in [1.29, 1.82) is 0 Å². The van der Waals surface area contributed by atoms with Gasteiger partial charge >= 0.3 is 0 Å². The maximum atomic E-state index is 12.1. The maximum Gasteiger partial charge on any atom is 0.199 e. The predicted octanol–water partition coefficient (Wildman–Crippen LogP) is 2.85. The van der Waals surface area contributed by atoms with Crippen molar-refractivity contribution in [3.8, 4) is 0 Å². The summed E-state index contributed by atoms with van der Waals surface area (Å²) in [6.07, 6.45) is 1.31. The first-order valence-corrected chi connectivity index (χ1v) is 5.71. The highest BCUT2D eigenvalue weighted by atomic mass is 16.5. The van der Waals surface area contributed by atoms with E-state index in [9.17, 15) is 9.90 Å². The molecule has 1 aliphatic carbocycles. The molecule has 0 saturated heterocycles. The number of hydrogen-bond acceptors (Lipinski definition) is 5. The van der Waals surface area contributed by atoms with Crippen molar-refractivity contribution in [3.05, 3.63) is 52.8 Å². The highest BCUT2D eigenvalue weighted by Crippen LogP contribution is 2.30. The third-order valence-corrected chi connectivity index (χ3v) is 2.87. The normalized spacial score (nSPS) is 14.5. The first kappa shape index (κ1) is 11.4. The van der Waals surface area contributed by atoms with Gasteiger partial charge in [-0.1, -0.05) is 29.4 Å². The molecule has 1 aromatic carbocycles. The zero-order chi connectivity index (χ0) is 13.4. The molecular weight excluding hydrogens is 244 g/mol. The quantitative estimate of drug-likeness (QED) is 0.836. The van der Waals surface area contributed by atoms with Gasteiger partial charge in [0.2, 0.25) is 0 Å². The summed E-state index contributed by atoms with van der Waals surface area (Å²) in [4.78, 5) is 16.1. The summed E-state index contributed by atoms with van der Waals surface area (Å²) in [5.41, 5.74) is 1.19. The molecule has 0 radical (unpaired) electrons. The average molecular weight is 254 g/mol. The van der Waals surface area contributed by atoms with Gasteiger partial charge in [0, 0.05) is 23.4 Å². The smallest absolute Gasteiger partial charge is 0.199 e. The van der Waals surface area contributed by atoms with Gasteiger partial charge in [-0.3, -0.25) is 4.79 Å². The topological polar surface area (TPSA) is 75.7 Å². The Hall–Kier alpha value is -2.69. The van der Waals surface area contributed by atoms with Crippen LogP contribution in [0.5, 0.6) is 0 Å². The second kappa shape index (κ2) is 4.20. The van der Waals surface area contributed by atoms with Crippen molar-refractivity contribution in [3.63, 3.8) is 0 Å². The third kappa shape index (κ3) is 1.85. The fourth-order valence-electron chi connectivity index (χ4n) is 1.95. The lowest BCUT2D eigenvalue weighted by Gasteiger charge is -1.95. The van der Waals surface area contributed by atoms with Gasteiger partial charge in [-0.15, -0.1) is 0 Å². The number of aliphatic imine (C=N–C) groups is 1. The number of benzene rings is 1. The monoisotopic (exact) mass is 254 g/mol. The van der Waals surface area contributed by atoms with Crippen molar-refractivity contribution in [2.24, 2.45) is 4.99 Å². The molecule has 1 aromatic heterocycles. The van der Waals surface area contributed by atoms with Crippen LogP contribution in [-0.2, 0) is 0 Å². The largest absolute Gasteiger partial charge is 0.506 e. The van der Waals surface area contributed by atoms with Gasteiger partial charge in [-0.05, 0) is 6.92 Å². The number of hydrogen-bond donors (Lipinski definition) is 1. The van der Waals surface area contributed by atoms with Crippen LogP contribution < -0.4 is 0 Å². The molecule has 1 heterocycles. The van der Waals surface area contributed by atoms with Crippen LogP contribution in [0.4, 0.5) is 5.82 Å². The van der Waals surface area contributed by atoms with E-state index in [1.165, 1.54) is 6.21 Å². The Morgan fingerprint density at radius 3 is 2.68 bits per heavy atom. The molecular formula is C14H10N2O3. The minimum absolute atomic E-state index is 0.0513. The molecule has 1 N–H and O–H groups in total. The van der Waals surface area contributed by atoms with E-state index in [1.54, 1.807) is 37.3 Å². The number of rotatable bonds is 2. The Bertz CT molecular complexity index is 726. The summed E-state index contributed by atoms with van der Waals surface area (Å²) >= 11 is 0. The number of Topliss-reactive ketones (excluding diaryl/α,β-unsaturated/α-hetero) is 1. The van der Waals surface area contributed by atoms with E-state index in [1.807, 2.05) is 0 Å². The van der Waals surface area contributed by atoms with Gasteiger partial charge in [0.1, 0.15) is 11.5 Å². The third-order valence-electron chi connectivity index (χ3n) is 2.87. The van der Waals surface area contributed by atoms with E-state index in [2.05, 4.69) is 10.1 Å². The zero-order valence-electron chi connectivity index (χ0n) is 10.1. The molecule has 94 valence electrons. The summed E-state index contributed by atoms with van der Waals surface area (Å²) in [6, 6.07) is 8.54. The molecule has 0 atom stereocenters. The Morgan fingerprint density at radius 2 is 2.05 bits per heavy atom. The first-order valence-electron chi connectivity index (χ1n) is 5.71. The lowest BCUT2D eigenvalue weighted by molar-refractivity contribution is 0.104. The minimum atomic E-state index is -0.239. The molecule has 0 aliphatic heterocycles. The number of aliphatic hydroxyl groups excluding tert-OH is 1. The van der Waals surface area contributed by atoms with Crippen molar-refractivity contribution >= 4 is 23.6 Å². The standard InChI is InChI=1S/C14H10N2O3/c1-8-6-12(16-19-8)15-7-11-13(17)9-4-2-3-5-10(9)14(11)18/h2-7,17H,1H3. The minimum Gasteiger partial charge on any atom is -0.506 e. The van der Waals surface area contributed by atoms with E-state index < -0.39 is 0 Å². The van der Waals surface area contributed by atoms with Gasteiger partial charge in [0.05, 0.1) is 5.57 Å². The Morgan fingerprint density at radius 1 is 1.32 bits per heavy atom. The van der Waals surface area contributed by atoms with Crippen molar-refractivity contribution < 1.29 is 14.4 Å². The number of aromatic nitrogens is 1. The summed E-state index contributed by atoms with van der Waals surface area (Å²) < 4.78 is 4.87. The number of aliphatic hydroxyl groups is 1. The molecule has 0 amide bonds. The van der Waals surface area contributed by atoms with Gasteiger partial charge in [-0.2, -0.15) is 0 Å². The molecule has 2 aromatic rings. The van der Waals surface area contributed by atoms with Crippen LogP contribution in [0.15, 0.2) is 45.4 Å². The number of carbonyl (C=O) groups is 1. The SMILES string of the molecule is Cc1cc(N=CC2=C(O)c3ccccc3C2=O)no1. The molecule has 5 heteroatoms. The number of fused-ring (bicyclic) bond motifs is 1. The van der Waals surface area contributed by atoms with E-state index in [0.717, 1.165) is 0 Å². The number of nitrogens with zero attached hydrogens (tertiary/aromatic N) is 2. The van der Waals surface area contributed by atoms with E-state index >= 15 is 0 Å². The maximum absolute atomic E-state index is 12.1. The Labute approximate surface area is 108 Å². The van der Waals surface area contributed by atoms with Crippen molar-refractivity contribution in [2.45, 2.75) is 6.92 Å². The Kier molecular flexibility index (Phi) is 2.52. The molecule has 5 nitrogen and oxygen atoms in total. The first-order chi connectivity index (χ1) is 9.16. The molecule has 0 bridgehead atoms. The zero-order valence-corrected chi connectivity index (χ0v) is 10.1. The predicted molar refractivity (Wildman–Crippen MR) is 69.7 cm³/mol. The number of allylic oxidation sites excluding steroid dienone is 1. The summed E-state index contributed by atoms with van der Waals surface area (Å²) in [6.45, 7) is 1.75. The number of carbonyl (C=O) groups excluding carboxylic acids is 1. The average Bonchev–Trinajstić information content (AvgIpc) is 2.93. The number of ketones is 1. The summed E-state index contributed by atoms with van der Waals surface area (Å²) in [5.74, 6) is 0.703. The Balaban J connectivity index is 1.97. The van der Waals surface area contributed by atoms with Gasteiger partial charge < -0.3 is 9.63 Å². The molecule has 0 fully saturated rings. The fraction of sp³-hybridized carbons (Fsp3) is 0.0714.